The summed E-state index contributed by atoms with van der Waals surface area (Å²) in [7, 11) is 0. The number of rotatable bonds is 5. The van der Waals surface area contributed by atoms with Crippen molar-refractivity contribution in [2.75, 3.05) is 5.73 Å². The van der Waals surface area contributed by atoms with Gasteiger partial charge in [-0.05, 0) is 18.6 Å². The summed E-state index contributed by atoms with van der Waals surface area (Å²) in [6, 6.07) is 1.81. The summed E-state index contributed by atoms with van der Waals surface area (Å²) in [6.45, 7) is 1.99. The Morgan fingerprint density at radius 3 is 2.60 bits per heavy atom. The van der Waals surface area contributed by atoms with Gasteiger partial charge in [0.15, 0.2) is 0 Å². The minimum Gasteiger partial charge on any atom is -0.430 e. The Hall–Kier alpha value is -2.78. The third kappa shape index (κ3) is 4.40. The maximum absolute atomic E-state index is 12.7. The minimum atomic E-state index is -4.65. The van der Waals surface area contributed by atoms with Gasteiger partial charge in [-0.1, -0.05) is 19.8 Å². The number of carbonyl (C=O) groups excluding carboxylic acids is 2. The SMILES string of the molecule is CCCCCC(=O)NNC(=O)c1oc2nc(C(F)(F)F)ccc2c1N. The standard InChI is InChI=1S/C15H17F3N4O3/c1-2-3-4-5-10(23)21-22-13(24)12-11(19)8-6-7-9(15(16,17)18)20-14(8)25-12/h6-7H,2-5,19H2,1H3,(H,21,23)(H,22,24). The van der Waals surface area contributed by atoms with Crippen LogP contribution in [0.4, 0.5) is 18.9 Å². The molecule has 10 heteroatoms. The van der Waals surface area contributed by atoms with Crippen LogP contribution in [0.1, 0.15) is 48.9 Å². The third-order valence-electron chi connectivity index (χ3n) is 3.41. The van der Waals surface area contributed by atoms with E-state index in [9.17, 15) is 22.8 Å². The zero-order valence-electron chi connectivity index (χ0n) is 13.4. The van der Waals surface area contributed by atoms with Crippen molar-refractivity contribution < 1.29 is 27.2 Å². The fourth-order valence-corrected chi connectivity index (χ4v) is 2.11. The highest BCUT2D eigenvalue weighted by atomic mass is 19.4. The molecule has 0 aliphatic carbocycles. The second-order valence-corrected chi connectivity index (χ2v) is 5.35. The number of aromatic nitrogens is 1. The van der Waals surface area contributed by atoms with Gasteiger partial charge in [0, 0.05) is 6.42 Å². The summed E-state index contributed by atoms with van der Waals surface area (Å²) < 4.78 is 43.0. The maximum atomic E-state index is 12.7. The van der Waals surface area contributed by atoms with Crippen molar-refractivity contribution in [3.8, 4) is 0 Å². The number of anilines is 1. The molecule has 0 saturated carbocycles. The van der Waals surface area contributed by atoms with Crippen LogP contribution in [0.2, 0.25) is 0 Å². The molecular weight excluding hydrogens is 341 g/mol. The molecule has 25 heavy (non-hydrogen) atoms. The predicted octanol–water partition coefficient (Wildman–Crippen LogP) is 2.77. The number of carbonyl (C=O) groups is 2. The van der Waals surface area contributed by atoms with Crippen molar-refractivity contribution in [2.24, 2.45) is 0 Å². The first-order valence-corrected chi connectivity index (χ1v) is 7.59. The van der Waals surface area contributed by atoms with Crippen molar-refractivity contribution >= 4 is 28.6 Å². The molecule has 136 valence electrons. The highest BCUT2D eigenvalue weighted by molar-refractivity contribution is 6.05. The predicted molar refractivity (Wildman–Crippen MR) is 83.2 cm³/mol. The molecule has 0 spiro atoms. The van der Waals surface area contributed by atoms with Gasteiger partial charge >= 0.3 is 12.1 Å². The zero-order chi connectivity index (χ0) is 18.6. The number of nitrogen functional groups attached to an aromatic ring is 1. The Balaban J connectivity index is 2.11. The fourth-order valence-electron chi connectivity index (χ4n) is 2.11. The Labute approximate surface area is 140 Å². The molecule has 2 heterocycles. The van der Waals surface area contributed by atoms with Gasteiger partial charge in [0.05, 0.1) is 11.1 Å². The summed E-state index contributed by atoms with van der Waals surface area (Å²) in [5, 5.41) is 0.0763. The van der Waals surface area contributed by atoms with E-state index in [4.69, 9.17) is 10.2 Å². The molecule has 7 nitrogen and oxygen atoms in total. The number of nitrogens with one attached hydrogen (secondary N) is 2. The van der Waals surface area contributed by atoms with Crippen LogP contribution in [0.3, 0.4) is 0 Å². The van der Waals surface area contributed by atoms with E-state index >= 15 is 0 Å². The summed E-state index contributed by atoms with van der Waals surface area (Å²) in [5.74, 6) is -1.70. The Morgan fingerprint density at radius 1 is 1.24 bits per heavy atom. The number of amides is 2. The second-order valence-electron chi connectivity index (χ2n) is 5.35. The monoisotopic (exact) mass is 358 g/mol. The lowest BCUT2D eigenvalue weighted by atomic mass is 10.2. The van der Waals surface area contributed by atoms with Gasteiger partial charge in [0.1, 0.15) is 5.69 Å². The van der Waals surface area contributed by atoms with Crippen LogP contribution in [-0.2, 0) is 11.0 Å². The van der Waals surface area contributed by atoms with Gasteiger partial charge < -0.3 is 10.2 Å². The molecule has 2 aromatic rings. The number of alkyl halides is 3. The van der Waals surface area contributed by atoms with Gasteiger partial charge in [-0.25, -0.2) is 4.98 Å². The Kier molecular flexibility index (Phi) is 5.50. The van der Waals surface area contributed by atoms with E-state index < -0.39 is 35.2 Å². The molecule has 4 N–H and O–H groups in total. The first-order chi connectivity index (χ1) is 11.7. The van der Waals surface area contributed by atoms with Crippen molar-refractivity contribution in [1.82, 2.24) is 15.8 Å². The molecule has 0 unspecified atom stereocenters. The van der Waals surface area contributed by atoms with E-state index in [2.05, 4.69) is 15.8 Å². The highest BCUT2D eigenvalue weighted by Gasteiger charge is 2.33. The normalized spacial score (nSPS) is 11.5. The van der Waals surface area contributed by atoms with Crippen LogP contribution < -0.4 is 16.6 Å². The van der Waals surface area contributed by atoms with E-state index in [0.717, 1.165) is 25.0 Å². The first kappa shape index (κ1) is 18.6. The van der Waals surface area contributed by atoms with Crippen LogP contribution in [0, 0.1) is 0 Å². The molecule has 0 bridgehead atoms. The lowest BCUT2D eigenvalue weighted by molar-refractivity contribution is -0.141. The fraction of sp³-hybridized carbons (Fsp3) is 0.400. The number of hydrogen-bond acceptors (Lipinski definition) is 5. The van der Waals surface area contributed by atoms with Crippen LogP contribution in [0.5, 0.6) is 0 Å². The number of nitrogens with zero attached hydrogens (tertiary/aromatic N) is 1. The molecule has 0 radical (unpaired) electrons. The molecule has 0 atom stereocenters. The maximum Gasteiger partial charge on any atom is 0.433 e. The van der Waals surface area contributed by atoms with Crippen molar-refractivity contribution in [3.63, 3.8) is 0 Å². The third-order valence-corrected chi connectivity index (χ3v) is 3.41. The molecule has 2 aromatic heterocycles. The lowest BCUT2D eigenvalue weighted by Crippen LogP contribution is -2.41. The molecule has 2 rings (SSSR count). The average Bonchev–Trinajstić information content (AvgIpc) is 2.88. The molecule has 0 fully saturated rings. The van der Waals surface area contributed by atoms with Crippen LogP contribution in [-0.4, -0.2) is 16.8 Å². The summed E-state index contributed by atoms with van der Waals surface area (Å²) in [6.07, 6.45) is -1.91. The van der Waals surface area contributed by atoms with Crippen LogP contribution in [0.25, 0.3) is 11.1 Å². The molecule has 2 amide bonds. The van der Waals surface area contributed by atoms with Crippen LogP contribution >= 0.6 is 0 Å². The van der Waals surface area contributed by atoms with E-state index in [1.807, 2.05) is 6.92 Å². The number of unbranched alkanes of at least 4 members (excludes halogenated alkanes) is 2. The Morgan fingerprint density at radius 2 is 1.96 bits per heavy atom. The average molecular weight is 358 g/mol. The molecule has 0 saturated heterocycles. The van der Waals surface area contributed by atoms with Gasteiger partial charge in [-0.15, -0.1) is 0 Å². The van der Waals surface area contributed by atoms with Gasteiger partial charge in [0.25, 0.3) is 0 Å². The van der Waals surface area contributed by atoms with E-state index in [-0.39, 0.29) is 17.5 Å². The Bertz CT molecular complexity index is 786. The number of pyridine rings is 1. The quantitative estimate of drug-likeness (QED) is 0.562. The minimum absolute atomic E-state index is 0.0763. The first-order valence-electron chi connectivity index (χ1n) is 7.59. The molecule has 0 aliphatic heterocycles. The summed E-state index contributed by atoms with van der Waals surface area (Å²) >= 11 is 0. The van der Waals surface area contributed by atoms with Crippen LogP contribution in [0.15, 0.2) is 16.5 Å². The largest absolute Gasteiger partial charge is 0.433 e. The number of hydrogen-bond donors (Lipinski definition) is 3. The molecule has 0 aromatic carbocycles. The molecule has 0 aliphatic rings. The van der Waals surface area contributed by atoms with Crippen molar-refractivity contribution in [2.45, 2.75) is 38.8 Å². The van der Waals surface area contributed by atoms with Gasteiger partial charge in [-0.2, -0.15) is 13.2 Å². The number of furan rings is 1. The number of hydrazine groups is 1. The van der Waals surface area contributed by atoms with E-state index in [1.165, 1.54) is 0 Å². The topological polar surface area (TPSA) is 110 Å². The highest BCUT2D eigenvalue weighted by Crippen LogP contribution is 2.32. The number of halogens is 3. The lowest BCUT2D eigenvalue weighted by Gasteiger charge is -2.05. The van der Waals surface area contributed by atoms with Crippen molar-refractivity contribution in [1.29, 1.82) is 0 Å². The van der Waals surface area contributed by atoms with E-state index in [1.54, 1.807) is 0 Å². The molecular formula is C15H17F3N4O3. The van der Waals surface area contributed by atoms with Gasteiger partial charge in [0.2, 0.25) is 17.4 Å². The second kappa shape index (κ2) is 7.41. The van der Waals surface area contributed by atoms with Gasteiger partial charge in [-0.3, -0.25) is 20.4 Å². The summed E-state index contributed by atoms with van der Waals surface area (Å²) in [4.78, 5) is 26.9. The number of nitrogens with two attached hydrogens (primary N) is 1. The van der Waals surface area contributed by atoms with Crippen molar-refractivity contribution in [3.05, 3.63) is 23.6 Å². The summed E-state index contributed by atoms with van der Waals surface area (Å²) in [5.41, 5.74) is 8.29. The van der Waals surface area contributed by atoms with E-state index in [0.29, 0.717) is 6.42 Å². The zero-order valence-corrected chi connectivity index (χ0v) is 13.4. The number of fused-ring (bicyclic) bond motifs is 1. The smallest absolute Gasteiger partial charge is 0.430 e.